The third kappa shape index (κ3) is 10.5. The molecule has 70 heavy (non-hydrogen) atoms. The van der Waals surface area contributed by atoms with E-state index in [1.807, 2.05) is 25.1 Å². The fraction of sp³-hybridized carbons (Fsp3) is 0.569. The third-order valence-electron chi connectivity index (χ3n) is 16.5. The Morgan fingerprint density at radius 2 is 1.69 bits per heavy atom. The van der Waals surface area contributed by atoms with Gasteiger partial charge in [0.25, 0.3) is 0 Å². The molecule has 12 heteroatoms. The Balaban J connectivity index is 1.28. The van der Waals surface area contributed by atoms with E-state index >= 15 is 4.79 Å². The number of ether oxygens (including phenoxy) is 3. The molecule has 374 valence electrons. The van der Waals surface area contributed by atoms with Crippen LogP contribution in [0.1, 0.15) is 166 Å². The molecule has 0 unspecified atom stereocenters. The monoisotopic (exact) mass is 958 g/mol. The zero-order chi connectivity index (χ0) is 49.3. The number of methoxy groups -OCH3 is 1. The van der Waals surface area contributed by atoms with Crippen LogP contribution in [0.5, 0.6) is 11.5 Å². The number of aliphatic hydroxyl groups excluding tert-OH is 2. The molecular formula is C58H71NO11. The highest BCUT2D eigenvalue weighted by atomic mass is 16.6. The van der Waals surface area contributed by atoms with Crippen molar-refractivity contribution in [3.05, 3.63) is 98.1 Å². The summed E-state index contributed by atoms with van der Waals surface area (Å²) in [5.41, 5.74) is 4.54. The first-order valence-corrected chi connectivity index (χ1v) is 25.9. The first kappa shape index (κ1) is 49.9. The Morgan fingerprint density at radius 1 is 0.886 bits per heavy atom. The van der Waals surface area contributed by atoms with E-state index in [2.05, 4.69) is 35.4 Å². The van der Waals surface area contributed by atoms with E-state index in [1.165, 1.54) is 0 Å². The molecule has 2 fully saturated rings. The molecule has 6 N–H and O–H groups in total. The summed E-state index contributed by atoms with van der Waals surface area (Å²) in [6.07, 6.45) is 6.03. The molecule has 0 saturated heterocycles. The number of Topliss-reactive ketones (excluding diaryl/α,β-unsaturated/α-hetero) is 1. The lowest BCUT2D eigenvalue weighted by molar-refractivity contribution is -0.176. The Kier molecular flexibility index (Phi) is 15.0. The largest absolute Gasteiger partial charge is 0.507 e. The van der Waals surface area contributed by atoms with Crippen LogP contribution in [0.2, 0.25) is 0 Å². The summed E-state index contributed by atoms with van der Waals surface area (Å²) in [7, 11) is 1.58. The van der Waals surface area contributed by atoms with Crippen molar-refractivity contribution in [3.63, 3.8) is 0 Å². The fourth-order valence-electron chi connectivity index (χ4n) is 12.6. The molecule has 6 aliphatic rings. The average molecular weight is 958 g/mol. The predicted octanol–water partition coefficient (Wildman–Crippen LogP) is 8.09. The number of aromatic hydroxyl groups is 1. The zero-order valence-electron chi connectivity index (χ0n) is 41.1. The molecule has 8 atom stereocenters. The number of phenolic OH excluding ortho intramolecular Hbond substituents is 1. The number of rotatable bonds is 11. The van der Waals surface area contributed by atoms with Gasteiger partial charge in [-0.25, -0.2) is 4.79 Å². The SMILES string of the molecule is CCC[C@]1(O)[C@H]2CCC(=O)[C@@H](Cc3ccc4c(c3)C[C@H](O)/C(=C3\C[C@@H](c5cc(CO)cc(NC[C@@](C)(O)CCOC)c5)C#C[C@H]5CC(=O)Oc6c5cc(c(O)c6C5CCCCC5)C[C@H]1OC3=O)CC4)C2. The first-order chi connectivity index (χ1) is 33.7. The molecule has 3 aromatic carbocycles. The molecule has 0 aromatic heterocycles. The number of ketones is 1. The maximum atomic E-state index is 15.7. The Hall–Kier alpha value is -5.03. The van der Waals surface area contributed by atoms with Crippen molar-refractivity contribution in [1.29, 1.82) is 0 Å². The summed E-state index contributed by atoms with van der Waals surface area (Å²) in [5.74, 6) is 3.98. The number of anilines is 1. The van der Waals surface area contributed by atoms with Crippen LogP contribution in [0.25, 0.3) is 0 Å². The molecule has 2 saturated carbocycles. The molecule has 12 nitrogen and oxygen atoms in total. The number of phenols is 1. The minimum Gasteiger partial charge on any atom is -0.507 e. The molecular weight excluding hydrogens is 887 g/mol. The Morgan fingerprint density at radius 3 is 2.46 bits per heavy atom. The van der Waals surface area contributed by atoms with Gasteiger partial charge in [0.15, 0.2) is 0 Å². The van der Waals surface area contributed by atoms with E-state index in [4.69, 9.17) is 14.2 Å². The van der Waals surface area contributed by atoms with Gasteiger partial charge in [-0.05, 0) is 134 Å². The number of benzene rings is 3. The number of esters is 2. The van der Waals surface area contributed by atoms with Crippen LogP contribution in [0.15, 0.2) is 53.6 Å². The second-order valence-corrected chi connectivity index (χ2v) is 21.5. The minimum atomic E-state index is -1.63. The zero-order valence-corrected chi connectivity index (χ0v) is 41.1. The number of nitrogens with one attached hydrogen (secondary N) is 1. The van der Waals surface area contributed by atoms with E-state index in [-0.39, 0.29) is 80.6 Å². The highest BCUT2D eigenvalue weighted by Gasteiger charge is 2.50. The van der Waals surface area contributed by atoms with Crippen molar-refractivity contribution in [3.8, 4) is 23.3 Å². The summed E-state index contributed by atoms with van der Waals surface area (Å²) < 4.78 is 18.3. The molecule has 0 amide bonds. The highest BCUT2D eigenvalue weighted by Crippen LogP contribution is 2.51. The number of hydrogen-bond donors (Lipinski definition) is 6. The van der Waals surface area contributed by atoms with Crippen LogP contribution in [-0.2, 0) is 56.1 Å². The lowest BCUT2D eigenvalue weighted by Gasteiger charge is -2.45. The van der Waals surface area contributed by atoms with Crippen LogP contribution < -0.4 is 10.1 Å². The molecule has 3 aliphatic carbocycles. The van der Waals surface area contributed by atoms with Gasteiger partial charge in [-0.3, -0.25) is 9.59 Å². The average Bonchev–Trinajstić information content (AvgIpc) is 3.50. The topological polar surface area (TPSA) is 192 Å². The van der Waals surface area contributed by atoms with Crippen molar-refractivity contribution >= 4 is 23.4 Å². The molecule has 3 aliphatic heterocycles. The Bertz CT molecular complexity index is 2580. The van der Waals surface area contributed by atoms with Gasteiger partial charge >= 0.3 is 11.9 Å². The van der Waals surface area contributed by atoms with Crippen molar-refractivity contribution in [2.24, 2.45) is 11.8 Å². The summed E-state index contributed by atoms with van der Waals surface area (Å²) in [5, 5.41) is 63.8. The van der Waals surface area contributed by atoms with Crippen molar-refractivity contribution in [2.75, 3.05) is 25.6 Å². The molecule has 9 bridgehead atoms. The second kappa shape index (κ2) is 21.0. The van der Waals surface area contributed by atoms with E-state index in [9.17, 15) is 35.1 Å². The summed E-state index contributed by atoms with van der Waals surface area (Å²) >= 11 is 0. The molecule has 3 aromatic rings. The first-order valence-electron chi connectivity index (χ1n) is 25.9. The maximum absolute atomic E-state index is 15.7. The van der Waals surface area contributed by atoms with Crippen LogP contribution >= 0.6 is 0 Å². The number of carbonyl (C=O) groups is 3. The summed E-state index contributed by atoms with van der Waals surface area (Å²) in [6, 6.07) is 13.6. The quantitative estimate of drug-likeness (QED) is 0.0616. The number of carbonyl (C=O) groups excluding carboxylic acids is 3. The minimum absolute atomic E-state index is 0.0151. The molecule has 3 heterocycles. The van der Waals surface area contributed by atoms with E-state index < -0.39 is 53.1 Å². The smallest absolute Gasteiger partial charge is 0.334 e. The lowest BCUT2D eigenvalue weighted by atomic mass is 9.66. The normalized spacial score (nSPS) is 28.9. The van der Waals surface area contributed by atoms with Gasteiger partial charge in [-0.2, -0.15) is 0 Å². The summed E-state index contributed by atoms with van der Waals surface area (Å²) in [6.45, 7) is 3.94. The number of hydrogen-bond acceptors (Lipinski definition) is 12. The number of aryl methyl sites for hydroxylation is 1. The second-order valence-electron chi connectivity index (χ2n) is 21.5. The van der Waals surface area contributed by atoms with Gasteiger partial charge in [0.05, 0.1) is 30.7 Å². The van der Waals surface area contributed by atoms with E-state index in [1.54, 1.807) is 20.1 Å². The van der Waals surface area contributed by atoms with Crippen molar-refractivity contribution < 1.29 is 54.1 Å². The van der Waals surface area contributed by atoms with Crippen LogP contribution in [-0.4, -0.2) is 86.9 Å². The molecule has 9 rings (SSSR count). The van der Waals surface area contributed by atoms with Crippen LogP contribution in [0.4, 0.5) is 5.69 Å². The summed E-state index contributed by atoms with van der Waals surface area (Å²) in [4.78, 5) is 43.3. The number of aliphatic hydroxyl groups is 4. The van der Waals surface area contributed by atoms with Crippen LogP contribution in [0.3, 0.4) is 0 Å². The number of fused-ring (bicyclic) bond motifs is 9. The van der Waals surface area contributed by atoms with Gasteiger partial charge in [-0.1, -0.05) is 68.7 Å². The third-order valence-corrected chi connectivity index (χ3v) is 16.5. The maximum Gasteiger partial charge on any atom is 0.334 e. The van der Waals surface area contributed by atoms with Gasteiger partial charge in [0, 0.05) is 80.2 Å². The van der Waals surface area contributed by atoms with Gasteiger partial charge in [0.1, 0.15) is 29.0 Å². The van der Waals surface area contributed by atoms with E-state index in [0.717, 1.165) is 48.8 Å². The predicted molar refractivity (Wildman–Crippen MR) is 265 cm³/mol. The van der Waals surface area contributed by atoms with E-state index in [0.29, 0.717) is 96.4 Å². The lowest BCUT2D eigenvalue weighted by Crippen LogP contribution is -2.54. The Labute approximate surface area is 412 Å². The highest BCUT2D eigenvalue weighted by molar-refractivity contribution is 5.90. The van der Waals surface area contributed by atoms with Gasteiger partial charge in [0.2, 0.25) is 0 Å². The fourth-order valence-corrected chi connectivity index (χ4v) is 12.6. The van der Waals surface area contributed by atoms with Gasteiger partial charge < -0.3 is 45.1 Å². The van der Waals surface area contributed by atoms with Crippen molar-refractivity contribution in [2.45, 2.75) is 177 Å². The standard InChI is InChI=1S/C58H71NO11/c1-4-18-58(67)44-15-17-49(61)42(25-44)22-34-10-11-36-14-16-46(50(62)29-41(36)21-34)48-27-38(40-23-35(32-60)24-45(26-40)59-33-57(2,66)19-20-68-3)12-13-39-31-52(63)70-55-47(39)28-43(30-51(58)69-56(48)65)54(64)53(55)37-8-6-5-7-9-37/h10-11,21,23-24,26,28,37-39,42,44,50-51,59-60,62,64,66-67H,4-9,14-20,22,25,27,29-33H2,1-3H3/b48-46+/t38-,39-,42-,44-,50-,51+,57-,58-/m0/s1. The van der Waals surface area contributed by atoms with Crippen LogP contribution in [0, 0.1) is 23.7 Å². The molecule has 0 spiro atoms. The van der Waals surface area contributed by atoms with Gasteiger partial charge in [-0.15, -0.1) is 0 Å². The molecule has 0 radical (unpaired) electrons. The van der Waals surface area contributed by atoms with Crippen molar-refractivity contribution in [1.82, 2.24) is 0 Å².